The van der Waals surface area contributed by atoms with E-state index in [0.717, 1.165) is 48.2 Å². The lowest BCUT2D eigenvalue weighted by Gasteiger charge is -2.35. The molecule has 3 aromatic rings. The maximum absolute atomic E-state index is 5.26. The van der Waals surface area contributed by atoms with Crippen LogP contribution in [0.5, 0.6) is 0 Å². The summed E-state index contributed by atoms with van der Waals surface area (Å²) in [5, 5.41) is 9.08. The molecule has 0 aliphatic carbocycles. The predicted molar refractivity (Wildman–Crippen MR) is 117 cm³/mol. The molecule has 3 heterocycles. The van der Waals surface area contributed by atoms with Crippen molar-refractivity contribution in [2.24, 2.45) is 0 Å². The van der Waals surface area contributed by atoms with E-state index in [0.29, 0.717) is 23.8 Å². The van der Waals surface area contributed by atoms with Gasteiger partial charge in [0.1, 0.15) is 5.82 Å². The zero-order chi connectivity index (χ0) is 20.4. The molecular weight excluding hydrogens is 362 g/mol. The van der Waals surface area contributed by atoms with Gasteiger partial charge in [-0.1, -0.05) is 30.1 Å². The lowest BCUT2D eigenvalue weighted by atomic mass is 10.0. The first-order valence-corrected chi connectivity index (χ1v) is 10.8. The fourth-order valence-electron chi connectivity index (χ4n) is 4.28. The van der Waals surface area contributed by atoms with Gasteiger partial charge in [-0.3, -0.25) is 0 Å². The van der Waals surface area contributed by atoms with Crippen molar-refractivity contribution < 1.29 is 4.52 Å². The molecule has 0 amide bonds. The Balaban J connectivity index is 1.62. The van der Waals surface area contributed by atoms with Crippen molar-refractivity contribution in [1.29, 1.82) is 0 Å². The van der Waals surface area contributed by atoms with Crippen molar-refractivity contribution >= 4 is 16.7 Å². The van der Waals surface area contributed by atoms with E-state index in [1.807, 2.05) is 6.92 Å². The van der Waals surface area contributed by atoms with E-state index in [9.17, 15) is 0 Å². The van der Waals surface area contributed by atoms with Gasteiger partial charge >= 0.3 is 0 Å². The van der Waals surface area contributed by atoms with Crippen LogP contribution in [0, 0.1) is 13.8 Å². The summed E-state index contributed by atoms with van der Waals surface area (Å²) in [7, 11) is 0. The summed E-state index contributed by atoms with van der Waals surface area (Å²) in [6, 6.07) is 9.68. The van der Waals surface area contributed by atoms with Crippen molar-refractivity contribution in [1.82, 2.24) is 20.4 Å². The molecule has 0 bridgehead atoms. The molecule has 1 aliphatic heterocycles. The Labute approximate surface area is 172 Å². The average Bonchev–Trinajstić information content (AvgIpc) is 3.14. The van der Waals surface area contributed by atoms with E-state index in [4.69, 9.17) is 9.51 Å². The second-order valence-electron chi connectivity index (χ2n) is 8.31. The first kappa shape index (κ1) is 19.8. The monoisotopic (exact) mass is 393 g/mol. The smallest absolute Gasteiger partial charge is 0.223 e. The van der Waals surface area contributed by atoms with Crippen LogP contribution in [0.3, 0.4) is 0 Å². The van der Waals surface area contributed by atoms with Gasteiger partial charge in [-0.2, -0.15) is 4.98 Å². The summed E-state index contributed by atoms with van der Waals surface area (Å²) in [6.45, 7) is 10.4. The van der Waals surface area contributed by atoms with Gasteiger partial charge in [0.2, 0.25) is 11.7 Å². The predicted octanol–water partition coefficient (Wildman–Crippen LogP) is 4.65. The Morgan fingerprint density at radius 3 is 2.66 bits per heavy atom. The molecule has 1 N–H and O–H groups in total. The lowest BCUT2D eigenvalue weighted by Crippen LogP contribution is -2.45. The Kier molecular flexibility index (Phi) is 5.81. The minimum atomic E-state index is 0.572. The van der Waals surface area contributed by atoms with Gasteiger partial charge in [-0.05, 0) is 51.3 Å². The van der Waals surface area contributed by atoms with Crippen molar-refractivity contribution in [3.63, 3.8) is 0 Å². The van der Waals surface area contributed by atoms with Crippen molar-refractivity contribution in [2.45, 2.75) is 65.5 Å². The number of rotatable bonds is 6. The van der Waals surface area contributed by atoms with E-state index in [1.165, 1.54) is 18.4 Å². The van der Waals surface area contributed by atoms with Crippen LogP contribution in [0.15, 0.2) is 28.8 Å². The maximum Gasteiger partial charge on any atom is 0.223 e. The van der Waals surface area contributed by atoms with Crippen LogP contribution in [0.2, 0.25) is 0 Å². The molecule has 2 aromatic heterocycles. The van der Waals surface area contributed by atoms with Crippen LogP contribution in [-0.2, 0) is 0 Å². The molecule has 1 atom stereocenters. The summed E-state index contributed by atoms with van der Waals surface area (Å²) in [5.74, 6) is 2.15. The SMILES string of the molecule is CCCC(C)NC1CCN(c2nc3ccc(C)cc3cc2-c2noc(C)n2)CC1. The minimum Gasteiger partial charge on any atom is -0.356 e. The molecule has 1 aromatic carbocycles. The summed E-state index contributed by atoms with van der Waals surface area (Å²) in [6.07, 6.45) is 4.69. The van der Waals surface area contributed by atoms with Gasteiger partial charge in [0.05, 0.1) is 11.1 Å². The van der Waals surface area contributed by atoms with E-state index < -0.39 is 0 Å². The van der Waals surface area contributed by atoms with Gasteiger partial charge < -0.3 is 14.7 Å². The van der Waals surface area contributed by atoms with E-state index in [-0.39, 0.29) is 0 Å². The molecule has 1 unspecified atom stereocenters. The molecule has 0 radical (unpaired) electrons. The number of pyridine rings is 1. The quantitative estimate of drug-likeness (QED) is 0.658. The zero-order valence-corrected chi connectivity index (χ0v) is 17.9. The van der Waals surface area contributed by atoms with Crippen molar-refractivity contribution in [2.75, 3.05) is 18.0 Å². The molecule has 1 saturated heterocycles. The molecule has 1 aliphatic rings. The molecular formula is C23H31N5O. The second kappa shape index (κ2) is 8.49. The number of aromatic nitrogens is 3. The van der Waals surface area contributed by atoms with E-state index >= 15 is 0 Å². The number of aryl methyl sites for hydroxylation is 2. The van der Waals surface area contributed by atoms with E-state index in [1.54, 1.807) is 0 Å². The normalized spacial score (nSPS) is 16.5. The van der Waals surface area contributed by atoms with Gasteiger partial charge in [0, 0.05) is 37.5 Å². The Hall–Kier alpha value is -2.47. The largest absolute Gasteiger partial charge is 0.356 e. The average molecular weight is 394 g/mol. The Morgan fingerprint density at radius 1 is 1.17 bits per heavy atom. The number of fused-ring (bicyclic) bond motifs is 1. The van der Waals surface area contributed by atoms with Gasteiger partial charge in [0.25, 0.3) is 0 Å². The number of benzene rings is 1. The minimum absolute atomic E-state index is 0.572. The van der Waals surface area contributed by atoms with Crippen LogP contribution >= 0.6 is 0 Å². The Morgan fingerprint density at radius 2 is 1.97 bits per heavy atom. The highest BCUT2D eigenvalue weighted by atomic mass is 16.5. The molecule has 0 saturated carbocycles. The molecule has 0 spiro atoms. The third-order valence-corrected chi connectivity index (χ3v) is 5.76. The third-order valence-electron chi connectivity index (χ3n) is 5.76. The fourth-order valence-corrected chi connectivity index (χ4v) is 4.28. The first-order chi connectivity index (χ1) is 14.0. The van der Waals surface area contributed by atoms with E-state index in [2.05, 4.69) is 65.4 Å². The number of anilines is 1. The summed E-state index contributed by atoms with van der Waals surface area (Å²) >= 11 is 0. The fraction of sp³-hybridized carbons (Fsp3) is 0.522. The first-order valence-electron chi connectivity index (χ1n) is 10.8. The van der Waals surface area contributed by atoms with Gasteiger partial charge in [-0.15, -0.1) is 0 Å². The Bertz CT molecular complexity index is 975. The standard InChI is InChI=1S/C23H31N5O/c1-5-6-16(3)24-19-9-11-28(12-10-19)23-20(22-25-17(4)29-27-22)14-18-13-15(2)7-8-21(18)26-23/h7-8,13-14,16,19,24H,5-6,9-12H2,1-4H3. The van der Waals surface area contributed by atoms with Crippen molar-refractivity contribution in [3.8, 4) is 11.4 Å². The number of nitrogens with zero attached hydrogens (tertiary/aromatic N) is 4. The summed E-state index contributed by atoms with van der Waals surface area (Å²) in [4.78, 5) is 11.9. The molecule has 6 nitrogen and oxygen atoms in total. The highest BCUT2D eigenvalue weighted by Crippen LogP contribution is 2.33. The zero-order valence-electron chi connectivity index (χ0n) is 17.9. The van der Waals surface area contributed by atoms with Crippen LogP contribution in [0.4, 0.5) is 5.82 Å². The molecule has 29 heavy (non-hydrogen) atoms. The summed E-state index contributed by atoms with van der Waals surface area (Å²) < 4.78 is 5.26. The number of piperidine rings is 1. The molecule has 1 fully saturated rings. The topological polar surface area (TPSA) is 67.1 Å². The van der Waals surface area contributed by atoms with Crippen molar-refractivity contribution in [3.05, 3.63) is 35.7 Å². The lowest BCUT2D eigenvalue weighted by molar-refractivity contribution is 0.364. The van der Waals surface area contributed by atoms with Crippen LogP contribution in [0.1, 0.15) is 51.0 Å². The second-order valence-corrected chi connectivity index (χ2v) is 8.31. The maximum atomic E-state index is 5.26. The molecule has 154 valence electrons. The molecule has 6 heteroatoms. The molecule has 4 rings (SSSR count). The van der Waals surface area contributed by atoms with Crippen LogP contribution < -0.4 is 10.2 Å². The van der Waals surface area contributed by atoms with Gasteiger partial charge in [-0.25, -0.2) is 4.98 Å². The van der Waals surface area contributed by atoms with Crippen LogP contribution in [-0.4, -0.2) is 40.3 Å². The number of nitrogens with one attached hydrogen (secondary N) is 1. The highest BCUT2D eigenvalue weighted by molar-refractivity contribution is 5.88. The number of hydrogen-bond acceptors (Lipinski definition) is 6. The van der Waals surface area contributed by atoms with Gasteiger partial charge in [0.15, 0.2) is 0 Å². The van der Waals surface area contributed by atoms with Crippen LogP contribution in [0.25, 0.3) is 22.3 Å². The third kappa shape index (κ3) is 4.42. The highest BCUT2D eigenvalue weighted by Gasteiger charge is 2.25. The number of hydrogen-bond donors (Lipinski definition) is 1. The summed E-state index contributed by atoms with van der Waals surface area (Å²) in [5.41, 5.74) is 3.17.